The highest BCUT2D eigenvalue weighted by Gasteiger charge is 2.13. The van der Waals surface area contributed by atoms with E-state index < -0.39 is 0 Å². The topological polar surface area (TPSA) is 59.8 Å². The number of hydrogen-bond acceptors (Lipinski definition) is 4. The summed E-state index contributed by atoms with van der Waals surface area (Å²) < 4.78 is 1.98. The van der Waals surface area contributed by atoms with Gasteiger partial charge in [0.2, 0.25) is 5.91 Å². The van der Waals surface area contributed by atoms with Gasteiger partial charge in [-0.05, 0) is 43.5 Å². The maximum atomic E-state index is 12.2. The predicted molar refractivity (Wildman–Crippen MR) is 109 cm³/mol. The standard InChI is InChI=1S/C21H24N4OS/c1-4-17-9-11-19(12-10-17)25-16(3)23-24-21(25)27-14-20(26)22-13-18-7-5-15(2)6-8-18/h5-12H,4,13-14H2,1-3H3,(H,22,26). The molecule has 0 spiro atoms. The lowest BCUT2D eigenvalue weighted by Crippen LogP contribution is -2.24. The lowest BCUT2D eigenvalue weighted by atomic mass is 10.1. The predicted octanol–water partition coefficient (Wildman–Crippen LogP) is 3.86. The first kappa shape index (κ1) is 19.2. The van der Waals surface area contributed by atoms with Crippen molar-refractivity contribution in [3.8, 4) is 5.69 Å². The Kier molecular flexibility index (Phi) is 6.29. The molecule has 5 nitrogen and oxygen atoms in total. The van der Waals surface area contributed by atoms with Crippen LogP contribution in [0.3, 0.4) is 0 Å². The van der Waals surface area contributed by atoms with Crippen molar-refractivity contribution in [2.75, 3.05) is 5.75 Å². The van der Waals surface area contributed by atoms with Crippen LogP contribution in [0.2, 0.25) is 0 Å². The first-order valence-electron chi connectivity index (χ1n) is 9.03. The Bertz CT molecular complexity index is 901. The number of amides is 1. The summed E-state index contributed by atoms with van der Waals surface area (Å²) in [6.45, 7) is 6.63. The number of hydrogen-bond donors (Lipinski definition) is 1. The Morgan fingerprint density at radius 2 is 1.67 bits per heavy atom. The maximum absolute atomic E-state index is 12.2. The van der Waals surface area contributed by atoms with Gasteiger partial charge in [-0.25, -0.2) is 0 Å². The minimum atomic E-state index is -0.0193. The van der Waals surface area contributed by atoms with Crippen LogP contribution in [0.25, 0.3) is 5.69 Å². The highest BCUT2D eigenvalue weighted by atomic mass is 32.2. The van der Waals surface area contributed by atoms with Crippen molar-refractivity contribution in [1.82, 2.24) is 20.1 Å². The second kappa shape index (κ2) is 8.86. The van der Waals surface area contributed by atoms with Gasteiger partial charge in [-0.1, -0.05) is 60.6 Å². The average Bonchev–Trinajstić information content (AvgIpc) is 3.06. The van der Waals surface area contributed by atoms with E-state index >= 15 is 0 Å². The van der Waals surface area contributed by atoms with Crippen LogP contribution in [0.5, 0.6) is 0 Å². The van der Waals surface area contributed by atoms with Gasteiger partial charge in [0.15, 0.2) is 5.16 Å². The number of aromatic nitrogens is 3. The molecule has 0 bridgehead atoms. The Morgan fingerprint density at radius 3 is 2.33 bits per heavy atom. The molecule has 1 N–H and O–H groups in total. The molecule has 3 rings (SSSR count). The third-order valence-electron chi connectivity index (χ3n) is 4.34. The first-order valence-corrected chi connectivity index (χ1v) is 10.0. The lowest BCUT2D eigenvalue weighted by molar-refractivity contribution is -0.118. The zero-order valence-corrected chi connectivity index (χ0v) is 16.7. The number of rotatable bonds is 7. The first-order chi connectivity index (χ1) is 13.1. The van der Waals surface area contributed by atoms with Crippen LogP contribution in [0.4, 0.5) is 0 Å². The third-order valence-corrected chi connectivity index (χ3v) is 5.27. The summed E-state index contributed by atoms with van der Waals surface area (Å²) >= 11 is 1.40. The van der Waals surface area contributed by atoms with E-state index in [2.05, 4.69) is 46.7 Å². The lowest BCUT2D eigenvalue weighted by Gasteiger charge is -2.09. The number of carbonyl (C=O) groups is 1. The van der Waals surface area contributed by atoms with Gasteiger partial charge >= 0.3 is 0 Å². The van der Waals surface area contributed by atoms with Gasteiger partial charge in [0.25, 0.3) is 0 Å². The van der Waals surface area contributed by atoms with Gasteiger partial charge in [-0.2, -0.15) is 0 Å². The van der Waals surface area contributed by atoms with E-state index in [-0.39, 0.29) is 5.91 Å². The van der Waals surface area contributed by atoms with Crippen molar-refractivity contribution < 1.29 is 4.79 Å². The smallest absolute Gasteiger partial charge is 0.230 e. The fourth-order valence-electron chi connectivity index (χ4n) is 2.70. The zero-order chi connectivity index (χ0) is 19.2. The largest absolute Gasteiger partial charge is 0.351 e. The molecule has 0 saturated carbocycles. The molecule has 0 aliphatic rings. The molecule has 0 fully saturated rings. The minimum Gasteiger partial charge on any atom is -0.351 e. The molecule has 0 atom stereocenters. The van der Waals surface area contributed by atoms with Crippen molar-refractivity contribution in [3.63, 3.8) is 0 Å². The van der Waals surface area contributed by atoms with E-state index in [0.717, 1.165) is 28.7 Å². The Morgan fingerprint density at radius 1 is 1.00 bits per heavy atom. The third kappa shape index (κ3) is 4.98. The highest BCUT2D eigenvalue weighted by Crippen LogP contribution is 2.22. The molecule has 0 unspecified atom stereocenters. The van der Waals surface area contributed by atoms with Crippen LogP contribution in [0, 0.1) is 13.8 Å². The van der Waals surface area contributed by atoms with Gasteiger partial charge in [0.05, 0.1) is 5.75 Å². The molecule has 1 aromatic heterocycles. The second-order valence-corrected chi connectivity index (χ2v) is 7.38. The SMILES string of the molecule is CCc1ccc(-n2c(C)nnc2SCC(=O)NCc2ccc(C)cc2)cc1. The monoisotopic (exact) mass is 380 g/mol. The molecule has 27 heavy (non-hydrogen) atoms. The summed E-state index contributed by atoms with van der Waals surface area (Å²) in [7, 11) is 0. The van der Waals surface area contributed by atoms with Crippen molar-refractivity contribution in [2.45, 2.75) is 38.9 Å². The van der Waals surface area contributed by atoms with E-state index in [9.17, 15) is 4.79 Å². The Labute approximate surface area is 164 Å². The van der Waals surface area contributed by atoms with E-state index in [1.54, 1.807) is 0 Å². The van der Waals surface area contributed by atoms with E-state index in [0.29, 0.717) is 12.3 Å². The molecule has 1 amide bonds. The minimum absolute atomic E-state index is 0.0193. The Hall–Kier alpha value is -2.60. The Balaban J connectivity index is 1.60. The van der Waals surface area contributed by atoms with E-state index in [4.69, 9.17) is 0 Å². The number of carbonyl (C=O) groups excluding carboxylic acids is 1. The average molecular weight is 381 g/mol. The van der Waals surface area contributed by atoms with Gasteiger partial charge in [0.1, 0.15) is 5.82 Å². The molecule has 0 aliphatic heterocycles. The number of nitrogens with zero attached hydrogens (tertiary/aromatic N) is 3. The fraction of sp³-hybridized carbons (Fsp3) is 0.286. The summed E-state index contributed by atoms with van der Waals surface area (Å²) in [6.07, 6.45) is 1.00. The molecule has 140 valence electrons. The molecule has 0 saturated heterocycles. The number of thioether (sulfide) groups is 1. The second-order valence-electron chi connectivity index (χ2n) is 6.44. The molecule has 2 aromatic carbocycles. The fourth-order valence-corrected chi connectivity index (χ4v) is 3.53. The summed E-state index contributed by atoms with van der Waals surface area (Å²) in [5.74, 6) is 1.09. The number of aryl methyl sites for hydroxylation is 3. The zero-order valence-electron chi connectivity index (χ0n) is 15.9. The quantitative estimate of drug-likeness (QED) is 0.633. The summed E-state index contributed by atoms with van der Waals surface area (Å²) in [6, 6.07) is 16.5. The molecular formula is C21H24N4OS. The van der Waals surface area contributed by atoms with Crippen LogP contribution in [0.15, 0.2) is 53.7 Å². The summed E-state index contributed by atoms with van der Waals surface area (Å²) in [5, 5.41) is 12.1. The van der Waals surface area contributed by atoms with Gasteiger partial charge < -0.3 is 5.32 Å². The van der Waals surface area contributed by atoms with Crippen LogP contribution in [-0.4, -0.2) is 26.4 Å². The maximum Gasteiger partial charge on any atom is 0.230 e. The van der Waals surface area contributed by atoms with Crippen molar-refractivity contribution in [1.29, 1.82) is 0 Å². The van der Waals surface area contributed by atoms with Crippen LogP contribution in [-0.2, 0) is 17.8 Å². The van der Waals surface area contributed by atoms with Crippen molar-refractivity contribution >= 4 is 17.7 Å². The molecular weight excluding hydrogens is 356 g/mol. The molecule has 6 heteroatoms. The van der Waals surface area contributed by atoms with Crippen LogP contribution in [0.1, 0.15) is 29.4 Å². The van der Waals surface area contributed by atoms with Gasteiger partial charge in [-0.3, -0.25) is 9.36 Å². The molecule has 1 heterocycles. The summed E-state index contributed by atoms with van der Waals surface area (Å²) in [5.41, 5.74) is 4.60. The molecule has 3 aromatic rings. The van der Waals surface area contributed by atoms with E-state index in [1.807, 2.05) is 42.7 Å². The van der Waals surface area contributed by atoms with Crippen LogP contribution < -0.4 is 5.32 Å². The van der Waals surface area contributed by atoms with Crippen molar-refractivity contribution in [3.05, 3.63) is 71.0 Å². The van der Waals surface area contributed by atoms with Gasteiger partial charge in [0, 0.05) is 12.2 Å². The highest BCUT2D eigenvalue weighted by molar-refractivity contribution is 7.99. The number of benzene rings is 2. The summed E-state index contributed by atoms with van der Waals surface area (Å²) in [4.78, 5) is 12.2. The normalized spacial score (nSPS) is 10.8. The van der Waals surface area contributed by atoms with Gasteiger partial charge in [-0.15, -0.1) is 10.2 Å². The molecule has 0 radical (unpaired) electrons. The van der Waals surface area contributed by atoms with E-state index in [1.165, 1.54) is 22.9 Å². The number of nitrogens with one attached hydrogen (secondary N) is 1. The van der Waals surface area contributed by atoms with Crippen LogP contribution >= 0.6 is 11.8 Å². The molecule has 0 aliphatic carbocycles. The van der Waals surface area contributed by atoms with Crippen molar-refractivity contribution in [2.24, 2.45) is 0 Å².